The summed E-state index contributed by atoms with van der Waals surface area (Å²) in [6, 6.07) is 0. The molecule has 0 amide bonds. The summed E-state index contributed by atoms with van der Waals surface area (Å²) in [5, 5.41) is 0. The first-order valence-corrected chi connectivity index (χ1v) is 25.9. The van der Waals surface area contributed by atoms with Crippen LogP contribution in [0.1, 0.15) is 278 Å². The zero-order chi connectivity index (χ0) is 42.1. The topological polar surface area (TPSA) is 61.8 Å². The van der Waals surface area contributed by atoms with E-state index in [0.717, 1.165) is 38.5 Å². The predicted molar refractivity (Wildman–Crippen MR) is 252 cm³/mol. The van der Waals surface area contributed by atoms with Gasteiger partial charge >= 0.3 is 11.9 Å². The van der Waals surface area contributed by atoms with Crippen LogP contribution in [0, 0.1) is 0 Å². The Bertz CT molecular complexity index is 882. The van der Waals surface area contributed by atoms with Gasteiger partial charge in [-0.05, 0) is 70.6 Å². The summed E-state index contributed by atoms with van der Waals surface area (Å²) in [4.78, 5) is 25.1. The van der Waals surface area contributed by atoms with Crippen LogP contribution in [0.15, 0.2) is 24.3 Å². The maximum Gasteiger partial charge on any atom is 0.306 e. The van der Waals surface area contributed by atoms with Crippen LogP contribution in [0.25, 0.3) is 0 Å². The predicted octanol–water partition coefficient (Wildman–Crippen LogP) is 17.2. The molecule has 1 atom stereocenters. The standard InChI is InChI=1S/C53H100O5/c1-4-7-10-13-15-17-19-21-23-25-26-27-29-31-33-35-37-39-42-45-48-56-49-51(58-53(55)47-44-40-12-9-6-3)50-57-52(54)46-43-41-38-36-34-32-30-28-24-22-20-18-16-14-11-8-5-2/h21-24,51H,4-20,25-50H2,1-3H3/b23-21-,24-22-. The van der Waals surface area contributed by atoms with Gasteiger partial charge in [0.05, 0.1) is 6.61 Å². The second kappa shape index (κ2) is 49.7. The lowest BCUT2D eigenvalue weighted by molar-refractivity contribution is -0.163. The molecule has 0 radical (unpaired) electrons. The fourth-order valence-electron chi connectivity index (χ4n) is 7.56. The third kappa shape index (κ3) is 47.1. The molecule has 0 aromatic rings. The molecule has 0 aromatic heterocycles. The van der Waals surface area contributed by atoms with E-state index in [2.05, 4.69) is 45.1 Å². The summed E-state index contributed by atoms with van der Waals surface area (Å²) in [6.07, 6.45) is 57.9. The zero-order valence-electron chi connectivity index (χ0n) is 39.3. The molecule has 0 heterocycles. The highest BCUT2D eigenvalue weighted by Crippen LogP contribution is 2.15. The molecule has 0 N–H and O–H groups in total. The van der Waals surface area contributed by atoms with Gasteiger partial charge in [-0.1, -0.05) is 218 Å². The van der Waals surface area contributed by atoms with Crippen LogP contribution in [0.4, 0.5) is 0 Å². The smallest absolute Gasteiger partial charge is 0.306 e. The van der Waals surface area contributed by atoms with Gasteiger partial charge in [0.15, 0.2) is 6.10 Å². The molecule has 5 heteroatoms. The first kappa shape index (κ1) is 56.4. The SMILES string of the molecule is CCCCCCCC/C=C\CCCCCCCCCCCCOCC(COC(=O)CCCCCCCCC/C=C\CCCCCCCC)OC(=O)CCCCCCC. The van der Waals surface area contributed by atoms with Gasteiger partial charge in [-0.15, -0.1) is 0 Å². The highest BCUT2D eigenvalue weighted by molar-refractivity contribution is 5.70. The van der Waals surface area contributed by atoms with Crippen LogP contribution in [-0.2, 0) is 23.8 Å². The number of carbonyl (C=O) groups is 2. The Labute approximate surface area is 362 Å². The number of esters is 2. The number of allylic oxidation sites excluding steroid dienone is 4. The number of rotatable bonds is 48. The second-order valence-corrected chi connectivity index (χ2v) is 17.4. The third-order valence-electron chi connectivity index (χ3n) is 11.5. The Morgan fingerprint density at radius 2 is 0.672 bits per heavy atom. The molecule has 0 spiro atoms. The van der Waals surface area contributed by atoms with E-state index < -0.39 is 6.10 Å². The van der Waals surface area contributed by atoms with Crippen molar-refractivity contribution >= 4 is 11.9 Å². The van der Waals surface area contributed by atoms with Crippen molar-refractivity contribution in [3.05, 3.63) is 24.3 Å². The van der Waals surface area contributed by atoms with Crippen LogP contribution in [0.2, 0.25) is 0 Å². The minimum Gasteiger partial charge on any atom is -0.462 e. The monoisotopic (exact) mass is 817 g/mol. The molecular weight excluding hydrogens is 717 g/mol. The summed E-state index contributed by atoms with van der Waals surface area (Å²) in [6.45, 7) is 7.78. The summed E-state index contributed by atoms with van der Waals surface area (Å²) in [7, 11) is 0. The van der Waals surface area contributed by atoms with Crippen molar-refractivity contribution in [3.8, 4) is 0 Å². The normalized spacial score (nSPS) is 12.3. The molecule has 58 heavy (non-hydrogen) atoms. The number of hydrogen-bond donors (Lipinski definition) is 0. The maximum absolute atomic E-state index is 12.6. The minimum absolute atomic E-state index is 0.0871. The fourth-order valence-corrected chi connectivity index (χ4v) is 7.56. The van der Waals surface area contributed by atoms with Gasteiger partial charge in [0.25, 0.3) is 0 Å². The lowest BCUT2D eigenvalue weighted by atomic mass is 10.1. The molecule has 0 rings (SSSR count). The third-order valence-corrected chi connectivity index (χ3v) is 11.5. The molecule has 5 nitrogen and oxygen atoms in total. The quantitative estimate of drug-likeness (QED) is 0.0348. The number of carbonyl (C=O) groups excluding carboxylic acids is 2. The Kier molecular flexibility index (Phi) is 48.4. The van der Waals surface area contributed by atoms with Crippen molar-refractivity contribution in [2.75, 3.05) is 19.8 Å². The van der Waals surface area contributed by atoms with E-state index in [4.69, 9.17) is 14.2 Å². The van der Waals surface area contributed by atoms with Gasteiger partial charge in [-0.3, -0.25) is 9.59 Å². The highest BCUT2D eigenvalue weighted by atomic mass is 16.6. The number of hydrogen-bond acceptors (Lipinski definition) is 5. The lowest BCUT2D eigenvalue weighted by Crippen LogP contribution is -2.30. The van der Waals surface area contributed by atoms with E-state index in [9.17, 15) is 9.59 Å². The van der Waals surface area contributed by atoms with Gasteiger partial charge in [-0.2, -0.15) is 0 Å². The minimum atomic E-state index is -0.529. The van der Waals surface area contributed by atoms with Crippen LogP contribution in [0.3, 0.4) is 0 Å². The Hall–Kier alpha value is -1.62. The van der Waals surface area contributed by atoms with Gasteiger partial charge in [0, 0.05) is 19.4 Å². The number of ether oxygens (including phenoxy) is 3. The summed E-state index contributed by atoms with van der Waals surface area (Å²) in [5.74, 6) is -0.402. The van der Waals surface area contributed by atoms with Gasteiger partial charge < -0.3 is 14.2 Å². The zero-order valence-corrected chi connectivity index (χ0v) is 39.3. The fraction of sp³-hybridized carbons (Fsp3) is 0.887. The van der Waals surface area contributed by atoms with Crippen molar-refractivity contribution in [1.82, 2.24) is 0 Å². The molecule has 342 valence electrons. The molecular formula is C53H100O5. The Morgan fingerprint density at radius 1 is 0.362 bits per heavy atom. The Morgan fingerprint density at radius 3 is 1.05 bits per heavy atom. The average molecular weight is 817 g/mol. The molecule has 1 unspecified atom stereocenters. The van der Waals surface area contributed by atoms with Crippen molar-refractivity contribution in [1.29, 1.82) is 0 Å². The molecule has 0 fully saturated rings. The second-order valence-electron chi connectivity index (χ2n) is 17.4. The van der Waals surface area contributed by atoms with Gasteiger partial charge in [0.2, 0.25) is 0 Å². The first-order valence-electron chi connectivity index (χ1n) is 25.9. The molecule has 0 saturated carbocycles. The number of unbranched alkanes of at least 4 members (excludes halogenated alkanes) is 33. The maximum atomic E-state index is 12.6. The Balaban J connectivity index is 3.97. The van der Waals surface area contributed by atoms with E-state index in [1.807, 2.05) is 0 Å². The van der Waals surface area contributed by atoms with Crippen molar-refractivity contribution in [3.63, 3.8) is 0 Å². The van der Waals surface area contributed by atoms with E-state index in [0.29, 0.717) is 26.1 Å². The molecule has 0 saturated heterocycles. The van der Waals surface area contributed by atoms with Crippen LogP contribution in [-0.4, -0.2) is 37.9 Å². The van der Waals surface area contributed by atoms with E-state index >= 15 is 0 Å². The highest BCUT2D eigenvalue weighted by Gasteiger charge is 2.17. The lowest BCUT2D eigenvalue weighted by Gasteiger charge is -2.18. The van der Waals surface area contributed by atoms with Crippen LogP contribution in [0.5, 0.6) is 0 Å². The molecule has 0 aliphatic carbocycles. The van der Waals surface area contributed by atoms with Gasteiger partial charge in [-0.25, -0.2) is 0 Å². The summed E-state index contributed by atoms with van der Waals surface area (Å²) < 4.78 is 17.3. The summed E-state index contributed by atoms with van der Waals surface area (Å²) >= 11 is 0. The largest absolute Gasteiger partial charge is 0.462 e. The van der Waals surface area contributed by atoms with Crippen molar-refractivity contribution < 1.29 is 23.8 Å². The van der Waals surface area contributed by atoms with E-state index in [-0.39, 0.29) is 18.5 Å². The van der Waals surface area contributed by atoms with Crippen molar-refractivity contribution in [2.24, 2.45) is 0 Å². The van der Waals surface area contributed by atoms with Crippen LogP contribution < -0.4 is 0 Å². The van der Waals surface area contributed by atoms with E-state index in [1.165, 1.54) is 205 Å². The van der Waals surface area contributed by atoms with Crippen LogP contribution >= 0.6 is 0 Å². The average Bonchev–Trinajstić information content (AvgIpc) is 3.22. The van der Waals surface area contributed by atoms with Crippen molar-refractivity contribution in [2.45, 2.75) is 284 Å². The molecule has 0 aliphatic heterocycles. The molecule has 0 aliphatic rings. The van der Waals surface area contributed by atoms with Gasteiger partial charge in [0.1, 0.15) is 6.61 Å². The molecule has 0 aromatic carbocycles. The summed E-state index contributed by atoms with van der Waals surface area (Å²) in [5.41, 5.74) is 0. The van der Waals surface area contributed by atoms with E-state index in [1.54, 1.807) is 0 Å². The first-order chi connectivity index (χ1) is 28.6. The molecule has 0 bridgehead atoms.